The van der Waals surface area contributed by atoms with Crippen LogP contribution in [0.4, 0.5) is 0 Å². The lowest BCUT2D eigenvalue weighted by molar-refractivity contribution is -0.208. The van der Waals surface area contributed by atoms with Crippen molar-refractivity contribution in [2.45, 2.75) is 31.9 Å². The monoisotopic (exact) mass is 482 g/mol. The van der Waals surface area contributed by atoms with Crippen molar-refractivity contribution in [2.75, 3.05) is 19.6 Å². The Bertz CT molecular complexity index is 1040. The van der Waals surface area contributed by atoms with Gasteiger partial charge < -0.3 is 4.90 Å². The average Bonchev–Trinajstić information content (AvgIpc) is 3.35. The van der Waals surface area contributed by atoms with Crippen LogP contribution in [0.15, 0.2) is 78.9 Å². The van der Waals surface area contributed by atoms with Crippen molar-refractivity contribution in [3.63, 3.8) is 0 Å². The molecule has 4 rings (SSSR count). The highest BCUT2D eigenvalue weighted by molar-refractivity contribution is 6.42. The molecule has 0 aliphatic carbocycles. The highest BCUT2D eigenvalue weighted by Crippen LogP contribution is 2.27. The number of carbonyl (C=O) groups is 1. The minimum Gasteiger partial charge on any atom is -0.301 e. The Balaban J connectivity index is 1.61. The highest BCUT2D eigenvalue weighted by atomic mass is 35.5. The van der Waals surface area contributed by atoms with E-state index >= 15 is 0 Å². The zero-order valence-electron chi connectivity index (χ0n) is 18.5. The summed E-state index contributed by atoms with van der Waals surface area (Å²) in [6, 6.07) is 25.1. The van der Waals surface area contributed by atoms with Gasteiger partial charge in [0.1, 0.15) is 6.61 Å². The summed E-state index contributed by atoms with van der Waals surface area (Å²) < 4.78 is 0. The molecule has 4 nitrogen and oxygen atoms in total. The molecule has 3 aromatic rings. The Morgan fingerprint density at radius 3 is 2.21 bits per heavy atom. The number of hydrogen-bond donors (Lipinski definition) is 0. The number of hydroxylamine groups is 2. The number of nitrogens with zero attached hydrogens (tertiary/aromatic N) is 2. The first-order valence-electron chi connectivity index (χ1n) is 11.3. The molecule has 0 unspecified atom stereocenters. The summed E-state index contributed by atoms with van der Waals surface area (Å²) in [7, 11) is 0. The van der Waals surface area contributed by atoms with E-state index in [1.165, 1.54) is 12.8 Å². The molecular formula is C27H28Cl2N2O2. The van der Waals surface area contributed by atoms with Gasteiger partial charge in [-0.2, -0.15) is 0 Å². The summed E-state index contributed by atoms with van der Waals surface area (Å²) in [5.41, 5.74) is 2.87. The van der Waals surface area contributed by atoms with Gasteiger partial charge in [-0.3, -0.25) is 9.63 Å². The van der Waals surface area contributed by atoms with E-state index in [2.05, 4.69) is 17.0 Å². The molecule has 6 heteroatoms. The molecule has 0 saturated carbocycles. The normalized spacial score (nSPS) is 14.8. The number of likely N-dealkylation sites (tertiary alicyclic amines) is 1. The van der Waals surface area contributed by atoms with Crippen LogP contribution in [0.3, 0.4) is 0 Å². The van der Waals surface area contributed by atoms with Gasteiger partial charge in [-0.1, -0.05) is 89.9 Å². The van der Waals surface area contributed by atoms with Crippen molar-refractivity contribution >= 4 is 29.1 Å². The molecule has 0 bridgehead atoms. The lowest BCUT2D eigenvalue weighted by Gasteiger charge is -2.34. The Morgan fingerprint density at radius 2 is 1.55 bits per heavy atom. The van der Waals surface area contributed by atoms with Crippen molar-refractivity contribution < 1.29 is 9.63 Å². The number of benzene rings is 3. The van der Waals surface area contributed by atoms with Crippen LogP contribution in [0.2, 0.25) is 10.0 Å². The van der Waals surface area contributed by atoms with Crippen molar-refractivity contribution in [1.82, 2.24) is 9.96 Å². The lowest BCUT2D eigenvalue weighted by atomic mass is 10.0. The number of amides is 1. The Labute approximate surface area is 205 Å². The predicted octanol–water partition coefficient (Wildman–Crippen LogP) is 6.33. The van der Waals surface area contributed by atoms with Crippen molar-refractivity contribution in [3.8, 4) is 0 Å². The highest BCUT2D eigenvalue weighted by Gasteiger charge is 2.29. The molecule has 1 heterocycles. The van der Waals surface area contributed by atoms with E-state index in [4.69, 9.17) is 28.0 Å². The fourth-order valence-electron chi connectivity index (χ4n) is 4.16. The maximum atomic E-state index is 13.6. The van der Waals surface area contributed by atoms with Crippen LogP contribution in [-0.4, -0.2) is 35.5 Å². The minimum absolute atomic E-state index is 0.114. The first-order valence-corrected chi connectivity index (χ1v) is 12.1. The molecule has 0 spiro atoms. The third kappa shape index (κ3) is 6.58. The van der Waals surface area contributed by atoms with Crippen LogP contribution in [0.5, 0.6) is 0 Å². The standard InChI is InChI=1S/C27H28Cl2N2O2/c28-24-14-13-22(17-25(24)29)18-27(32)31(33-20-21-9-3-1-4-10-21)26(19-30-15-7-8-16-30)23-11-5-2-6-12-23/h1-6,9-14,17,26H,7-8,15-16,18-20H2/t26-/m1/s1. The molecule has 0 N–H and O–H groups in total. The summed E-state index contributed by atoms with van der Waals surface area (Å²) in [6.45, 7) is 3.12. The molecule has 1 aliphatic rings. The third-order valence-corrected chi connectivity index (χ3v) is 6.63. The van der Waals surface area contributed by atoms with Gasteiger partial charge in [-0.15, -0.1) is 0 Å². The molecule has 1 aliphatic heterocycles. The molecule has 33 heavy (non-hydrogen) atoms. The smallest absolute Gasteiger partial charge is 0.251 e. The van der Waals surface area contributed by atoms with E-state index in [9.17, 15) is 4.79 Å². The fraction of sp³-hybridized carbons (Fsp3) is 0.296. The summed E-state index contributed by atoms with van der Waals surface area (Å²) in [5.74, 6) is -0.114. The van der Waals surface area contributed by atoms with Gasteiger partial charge in [-0.05, 0) is 54.8 Å². The second-order valence-corrected chi connectivity index (χ2v) is 9.15. The summed E-state index contributed by atoms with van der Waals surface area (Å²) in [5, 5.41) is 2.49. The molecule has 3 aromatic carbocycles. The van der Waals surface area contributed by atoms with Gasteiger partial charge in [0.15, 0.2) is 0 Å². The van der Waals surface area contributed by atoms with E-state index in [0.29, 0.717) is 16.7 Å². The Morgan fingerprint density at radius 1 is 0.879 bits per heavy atom. The number of rotatable bonds is 9. The minimum atomic E-state index is -0.219. The molecule has 1 saturated heterocycles. The fourth-order valence-corrected chi connectivity index (χ4v) is 4.48. The number of carbonyl (C=O) groups excluding carboxylic acids is 1. The van der Waals surface area contributed by atoms with Gasteiger partial charge in [0.2, 0.25) is 0 Å². The molecule has 0 aromatic heterocycles. The van der Waals surface area contributed by atoms with Crippen molar-refractivity contribution in [3.05, 3.63) is 106 Å². The molecular weight excluding hydrogens is 455 g/mol. The predicted molar refractivity (Wildman–Crippen MR) is 133 cm³/mol. The molecule has 0 radical (unpaired) electrons. The third-order valence-electron chi connectivity index (χ3n) is 5.90. The second kappa shape index (κ2) is 11.7. The number of halogens is 2. The van der Waals surface area contributed by atoms with Gasteiger partial charge in [0, 0.05) is 6.54 Å². The first-order chi connectivity index (χ1) is 16.1. The SMILES string of the molecule is O=C(Cc1ccc(Cl)c(Cl)c1)N(OCc1ccccc1)[C@H](CN1CCCC1)c1ccccc1. The van der Waals surface area contributed by atoms with Crippen LogP contribution < -0.4 is 0 Å². The first kappa shape index (κ1) is 23.8. The zero-order chi connectivity index (χ0) is 23.0. The van der Waals surface area contributed by atoms with Crippen LogP contribution in [0.25, 0.3) is 0 Å². The van der Waals surface area contributed by atoms with Crippen molar-refractivity contribution in [1.29, 1.82) is 0 Å². The van der Waals surface area contributed by atoms with E-state index in [1.807, 2.05) is 54.6 Å². The van der Waals surface area contributed by atoms with Gasteiger partial charge in [-0.25, -0.2) is 5.06 Å². The maximum absolute atomic E-state index is 13.6. The molecule has 1 fully saturated rings. The Hall–Kier alpha value is -2.37. The van der Waals surface area contributed by atoms with E-state index in [0.717, 1.165) is 36.3 Å². The lowest BCUT2D eigenvalue weighted by Crippen LogP contribution is -2.41. The molecule has 172 valence electrons. The topological polar surface area (TPSA) is 32.8 Å². The Kier molecular flexibility index (Phi) is 8.40. The van der Waals surface area contributed by atoms with Crippen LogP contribution in [-0.2, 0) is 22.7 Å². The zero-order valence-corrected chi connectivity index (χ0v) is 20.0. The largest absolute Gasteiger partial charge is 0.301 e. The summed E-state index contributed by atoms with van der Waals surface area (Å²) in [6.07, 6.45) is 2.54. The average molecular weight is 483 g/mol. The van der Waals surface area contributed by atoms with Gasteiger partial charge in [0.25, 0.3) is 5.91 Å². The summed E-state index contributed by atoms with van der Waals surface area (Å²) >= 11 is 12.3. The molecule has 1 atom stereocenters. The second-order valence-electron chi connectivity index (χ2n) is 8.34. The molecule has 1 amide bonds. The maximum Gasteiger partial charge on any atom is 0.251 e. The van der Waals surface area contributed by atoms with E-state index < -0.39 is 0 Å². The van der Waals surface area contributed by atoms with E-state index in [-0.39, 0.29) is 18.4 Å². The van der Waals surface area contributed by atoms with Crippen LogP contribution in [0, 0.1) is 0 Å². The van der Waals surface area contributed by atoms with Crippen LogP contribution in [0.1, 0.15) is 35.6 Å². The van der Waals surface area contributed by atoms with Gasteiger partial charge in [0.05, 0.1) is 22.5 Å². The van der Waals surface area contributed by atoms with E-state index in [1.54, 1.807) is 17.2 Å². The van der Waals surface area contributed by atoms with Gasteiger partial charge >= 0.3 is 0 Å². The quantitative estimate of drug-likeness (QED) is 0.333. The van der Waals surface area contributed by atoms with Crippen LogP contribution >= 0.6 is 23.2 Å². The summed E-state index contributed by atoms with van der Waals surface area (Å²) in [4.78, 5) is 22.3. The van der Waals surface area contributed by atoms with Crippen molar-refractivity contribution in [2.24, 2.45) is 0 Å². The number of hydrogen-bond acceptors (Lipinski definition) is 3.